The fraction of sp³-hybridized carbons (Fsp3) is 0.129. The second-order valence-electron chi connectivity index (χ2n) is 8.94. The first-order valence-electron chi connectivity index (χ1n) is 12.8. The van der Waals surface area contributed by atoms with Crippen LogP contribution in [0.3, 0.4) is 0 Å². The second-order valence-corrected chi connectivity index (χ2v) is 9.38. The summed E-state index contributed by atoms with van der Waals surface area (Å²) >= 11 is 6.00. The maximum Gasteiger partial charge on any atom is 0.336 e. The quantitative estimate of drug-likeness (QED) is 0.190. The van der Waals surface area contributed by atoms with Gasteiger partial charge in [0.2, 0.25) is 0 Å². The monoisotopic (exact) mass is 569 g/mol. The van der Waals surface area contributed by atoms with Gasteiger partial charge in [0.1, 0.15) is 11.5 Å². The van der Waals surface area contributed by atoms with E-state index in [1.807, 2.05) is 60.7 Å². The number of hydrogen-bond donors (Lipinski definition) is 2. The minimum atomic E-state index is -0.382. The molecule has 5 rings (SSSR count). The number of nitrogens with zero attached hydrogens (tertiary/aromatic N) is 3. The van der Waals surface area contributed by atoms with Gasteiger partial charge in [-0.05, 0) is 84.4 Å². The van der Waals surface area contributed by atoms with E-state index in [9.17, 15) is 4.79 Å². The van der Waals surface area contributed by atoms with E-state index in [0.29, 0.717) is 35.2 Å². The Morgan fingerprint density at radius 2 is 1.49 bits per heavy atom. The van der Waals surface area contributed by atoms with E-state index in [1.165, 1.54) is 0 Å². The molecule has 0 radical (unpaired) electrons. The van der Waals surface area contributed by atoms with Gasteiger partial charge in [0.25, 0.3) is 0 Å². The van der Waals surface area contributed by atoms with Crippen molar-refractivity contribution in [2.75, 3.05) is 31.5 Å². The zero-order chi connectivity index (χ0) is 28.6. The van der Waals surface area contributed by atoms with Crippen molar-refractivity contribution in [3.63, 3.8) is 0 Å². The van der Waals surface area contributed by atoms with Crippen molar-refractivity contribution in [3.8, 4) is 34.6 Å². The lowest BCUT2D eigenvalue weighted by molar-refractivity contribution is 0.262. The van der Waals surface area contributed by atoms with Crippen molar-refractivity contribution in [1.82, 2.24) is 14.8 Å². The van der Waals surface area contributed by atoms with Crippen molar-refractivity contribution >= 4 is 29.0 Å². The molecule has 208 valence electrons. The molecule has 1 aromatic heterocycles. The van der Waals surface area contributed by atoms with Gasteiger partial charge in [-0.25, -0.2) is 9.48 Å². The molecule has 0 unspecified atom stereocenters. The van der Waals surface area contributed by atoms with Gasteiger partial charge in [0, 0.05) is 28.4 Å². The molecule has 2 N–H and O–H groups in total. The van der Waals surface area contributed by atoms with Crippen molar-refractivity contribution in [2.24, 2.45) is 0 Å². The number of urea groups is 1. The number of hydrogen-bond acceptors (Lipinski definition) is 6. The Balaban J connectivity index is 1.32. The van der Waals surface area contributed by atoms with Crippen LogP contribution in [-0.4, -0.2) is 41.6 Å². The number of anilines is 2. The van der Waals surface area contributed by atoms with E-state index in [-0.39, 0.29) is 12.0 Å². The summed E-state index contributed by atoms with van der Waals surface area (Å²) in [5.41, 5.74) is 3.90. The Bertz CT molecular complexity index is 1600. The SMILES string of the molecule is COc1ccc(CCOc2nc(-c3ccc(OC)cc3)n(-c3ccc(NC(=O)Nc4cccc(Cl)c4)cc3)n2)cc1. The van der Waals surface area contributed by atoms with Gasteiger partial charge in [-0.15, -0.1) is 5.10 Å². The number of carbonyl (C=O) groups is 1. The van der Waals surface area contributed by atoms with E-state index in [2.05, 4.69) is 20.7 Å². The molecule has 9 nitrogen and oxygen atoms in total. The molecule has 5 aromatic rings. The lowest BCUT2D eigenvalue weighted by atomic mass is 10.1. The Labute approximate surface area is 242 Å². The van der Waals surface area contributed by atoms with E-state index < -0.39 is 0 Å². The Morgan fingerprint density at radius 3 is 2.15 bits per heavy atom. The first-order valence-corrected chi connectivity index (χ1v) is 13.2. The third-order valence-corrected chi connectivity index (χ3v) is 6.40. The van der Waals surface area contributed by atoms with Gasteiger partial charge in [-0.1, -0.05) is 29.8 Å². The zero-order valence-corrected chi connectivity index (χ0v) is 23.3. The lowest BCUT2D eigenvalue weighted by Gasteiger charge is -2.10. The molecule has 0 saturated heterocycles. The number of methoxy groups -OCH3 is 2. The van der Waals surface area contributed by atoms with Crippen molar-refractivity contribution in [3.05, 3.63) is 108 Å². The molecule has 0 fully saturated rings. The van der Waals surface area contributed by atoms with Crippen molar-refractivity contribution in [2.45, 2.75) is 6.42 Å². The molecule has 1 heterocycles. The average Bonchev–Trinajstić information content (AvgIpc) is 3.42. The van der Waals surface area contributed by atoms with Crippen LogP contribution in [0.5, 0.6) is 17.5 Å². The van der Waals surface area contributed by atoms with E-state index >= 15 is 0 Å². The van der Waals surface area contributed by atoms with Crippen LogP contribution in [-0.2, 0) is 6.42 Å². The highest BCUT2D eigenvalue weighted by Gasteiger charge is 2.15. The normalized spacial score (nSPS) is 10.6. The zero-order valence-electron chi connectivity index (χ0n) is 22.5. The summed E-state index contributed by atoms with van der Waals surface area (Å²) in [4.78, 5) is 17.1. The minimum absolute atomic E-state index is 0.257. The second kappa shape index (κ2) is 12.9. The number of amides is 2. The van der Waals surface area contributed by atoms with E-state index in [0.717, 1.165) is 28.3 Å². The molecule has 0 aliphatic carbocycles. The molecule has 0 atom stereocenters. The van der Waals surface area contributed by atoms with Gasteiger partial charge >= 0.3 is 12.0 Å². The number of rotatable bonds is 10. The summed E-state index contributed by atoms with van der Waals surface area (Å²) in [6.07, 6.45) is 0.689. The van der Waals surface area contributed by atoms with Gasteiger partial charge in [-0.2, -0.15) is 4.98 Å². The summed E-state index contributed by atoms with van der Waals surface area (Å²) in [7, 11) is 3.27. The molecular formula is C31H28ClN5O4. The minimum Gasteiger partial charge on any atom is -0.497 e. The Kier molecular flexibility index (Phi) is 8.66. The highest BCUT2D eigenvalue weighted by atomic mass is 35.5. The largest absolute Gasteiger partial charge is 0.497 e. The van der Waals surface area contributed by atoms with Gasteiger partial charge in [-0.3, -0.25) is 0 Å². The Hall–Kier alpha value is -5.02. The van der Waals surface area contributed by atoms with Gasteiger partial charge in [0.15, 0.2) is 5.82 Å². The molecule has 10 heteroatoms. The summed E-state index contributed by atoms with van der Waals surface area (Å²) in [5.74, 6) is 2.15. The third kappa shape index (κ3) is 7.14. The summed E-state index contributed by atoms with van der Waals surface area (Å²) in [6, 6.07) is 29.5. The third-order valence-electron chi connectivity index (χ3n) is 6.17. The van der Waals surface area contributed by atoms with Crippen LogP contribution < -0.4 is 24.8 Å². The number of ether oxygens (including phenoxy) is 3. The molecule has 4 aromatic carbocycles. The van der Waals surface area contributed by atoms with E-state index in [1.54, 1.807) is 55.3 Å². The maximum atomic E-state index is 12.5. The lowest BCUT2D eigenvalue weighted by Crippen LogP contribution is -2.19. The fourth-order valence-corrected chi connectivity index (χ4v) is 4.25. The first kappa shape index (κ1) is 27.5. The summed E-state index contributed by atoms with van der Waals surface area (Å²) in [6.45, 7) is 0.406. The smallest absolute Gasteiger partial charge is 0.336 e. The number of nitrogens with one attached hydrogen (secondary N) is 2. The topological polar surface area (TPSA) is 99.5 Å². The van der Waals surface area contributed by atoms with Gasteiger partial charge in [0.05, 0.1) is 26.5 Å². The van der Waals surface area contributed by atoms with Crippen LogP contribution in [0.25, 0.3) is 17.1 Å². The van der Waals surface area contributed by atoms with Crippen molar-refractivity contribution in [1.29, 1.82) is 0 Å². The summed E-state index contributed by atoms with van der Waals surface area (Å²) in [5, 5.41) is 10.8. The number of benzene rings is 4. The van der Waals surface area contributed by atoms with Crippen LogP contribution in [0.1, 0.15) is 5.56 Å². The predicted molar refractivity (Wildman–Crippen MR) is 160 cm³/mol. The highest BCUT2D eigenvalue weighted by Crippen LogP contribution is 2.26. The molecule has 0 aliphatic rings. The van der Waals surface area contributed by atoms with Crippen LogP contribution >= 0.6 is 11.6 Å². The van der Waals surface area contributed by atoms with Gasteiger partial charge < -0.3 is 24.8 Å². The first-order chi connectivity index (χ1) is 20.0. The van der Waals surface area contributed by atoms with Crippen LogP contribution in [0.15, 0.2) is 97.1 Å². The van der Waals surface area contributed by atoms with E-state index in [4.69, 9.17) is 25.8 Å². The fourth-order valence-electron chi connectivity index (χ4n) is 4.06. The molecule has 2 amide bonds. The molecule has 0 spiro atoms. The molecule has 0 saturated carbocycles. The van der Waals surface area contributed by atoms with Crippen LogP contribution in [0.2, 0.25) is 5.02 Å². The molecule has 0 bridgehead atoms. The van der Waals surface area contributed by atoms with Crippen LogP contribution in [0, 0.1) is 0 Å². The van der Waals surface area contributed by atoms with Crippen molar-refractivity contribution < 1.29 is 19.0 Å². The van der Waals surface area contributed by atoms with Crippen LogP contribution in [0.4, 0.5) is 16.2 Å². The maximum absolute atomic E-state index is 12.5. The highest BCUT2D eigenvalue weighted by molar-refractivity contribution is 6.30. The number of aromatic nitrogens is 3. The molecule has 0 aliphatic heterocycles. The number of carbonyl (C=O) groups excluding carboxylic acids is 1. The molecular weight excluding hydrogens is 542 g/mol. The Morgan fingerprint density at radius 1 is 0.829 bits per heavy atom. The molecule has 41 heavy (non-hydrogen) atoms. The standard InChI is InChI=1S/C31H28ClN5O4/c1-39-27-14-6-21(7-15-27)18-19-41-31-35-29(22-8-16-28(40-2)17-9-22)37(36-31)26-12-10-24(11-13-26)33-30(38)34-25-5-3-4-23(32)20-25/h3-17,20H,18-19H2,1-2H3,(H2,33,34,38). The summed E-state index contributed by atoms with van der Waals surface area (Å²) < 4.78 is 18.2. The average molecular weight is 570 g/mol. The number of halogens is 1. The predicted octanol–water partition coefficient (Wildman–Crippen LogP) is 6.87.